The Bertz CT molecular complexity index is 1290. The number of ether oxygens (including phenoxy) is 1. The number of nitrogens with one attached hydrogen (secondary N) is 2. The van der Waals surface area contributed by atoms with Gasteiger partial charge in [0.15, 0.2) is 11.8 Å². The van der Waals surface area contributed by atoms with Crippen LogP contribution in [-0.4, -0.2) is 63.2 Å². The van der Waals surface area contributed by atoms with Crippen LogP contribution in [0.2, 0.25) is 0 Å². The first-order valence-corrected chi connectivity index (χ1v) is 10.3. The third-order valence-electron chi connectivity index (χ3n) is 5.66. The fourth-order valence-corrected chi connectivity index (χ4v) is 3.92. The van der Waals surface area contributed by atoms with Crippen LogP contribution in [0.1, 0.15) is 17.2 Å². The fourth-order valence-electron chi connectivity index (χ4n) is 3.92. The van der Waals surface area contributed by atoms with Crippen LogP contribution in [0, 0.1) is 0 Å². The molecule has 0 spiro atoms. The molecule has 2 N–H and O–H groups in total. The molecule has 0 aliphatic carbocycles. The largest absolute Gasteiger partial charge is 0.466 e. The Balaban J connectivity index is 1.42. The van der Waals surface area contributed by atoms with Gasteiger partial charge in [0.25, 0.3) is 0 Å². The number of urea groups is 1. The second-order valence-electron chi connectivity index (χ2n) is 8.03. The number of rotatable bonds is 4. The van der Waals surface area contributed by atoms with Crippen molar-refractivity contribution in [2.24, 2.45) is 0 Å². The third kappa shape index (κ3) is 4.28. The number of amides is 3. The standard InChI is InChI=1S/C20H16F5N7O3/c21-19(22)9-31(8-14(19)35-15-2-1-10(6-27-15)20(23,24)25)13-5-12(30-32-4-3-26-16(13)32)11-7-28-18(34)29-17(11)33/h1-6,11,14H,7-9H2,(H2,28,29,33,34)/t11?,14-/m0/s1. The number of imide groups is 1. The summed E-state index contributed by atoms with van der Waals surface area (Å²) in [5, 5.41) is 8.93. The topological polar surface area (TPSA) is 114 Å². The summed E-state index contributed by atoms with van der Waals surface area (Å²) in [7, 11) is 0. The summed E-state index contributed by atoms with van der Waals surface area (Å²) in [4.78, 5) is 32.6. The smallest absolute Gasteiger partial charge is 0.417 e. The van der Waals surface area contributed by atoms with Gasteiger partial charge in [-0.15, -0.1) is 0 Å². The maximum Gasteiger partial charge on any atom is 0.417 e. The van der Waals surface area contributed by atoms with Gasteiger partial charge in [0.2, 0.25) is 11.8 Å². The van der Waals surface area contributed by atoms with Gasteiger partial charge in [0, 0.05) is 31.2 Å². The van der Waals surface area contributed by atoms with Gasteiger partial charge in [0.1, 0.15) is 0 Å². The van der Waals surface area contributed by atoms with Crippen LogP contribution < -0.4 is 20.3 Å². The highest BCUT2D eigenvalue weighted by atomic mass is 19.4. The quantitative estimate of drug-likeness (QED) is 0.530. The van der Waals surface area contributed by atoms with Crippen molar-refractivity contribution in [2.45, 2.75) is 24.1 Å². The zero-order chi connectivity index (χ0) is 25.0. The molecule has 3 aromatic rings. The van der Waals surface area contributed by atoms with Gasteiger partial charge in [-0.1, -0.05) is 0 Å². The maximum atomic E-state index is 14.9. The van der Waals surface area contributed by atoms with E-state index in [2.05, 4.69) is 25.7 Å². The average Bonchev–Trinajstić information content (AvgIpc) is 3.37. The molecule has 10 nitrogen and oxygen atoms in total. The number of nitrogens with zero attached hydrogens (tertiary/aromatic N) is 5. The molecule has 184 valence electrons. The Morgan fingerprint density at radius 2 is 1.97 bits per heavy atom. The number of anilines is 1. The average molecular weight is 497 g/mol. The molecule has 2 saturated heterocycles. The minimum atomic E-state index is -4.62. The highest BCUT2D eigenvalue weighted by Gasteiger charge is 2.51. The third-order valence-corrected chi connectivity index (χ3v) is 5.66. The van der Waals surface area contributed by atoms with Crippen LogP contribution in [0.15, 0.2) is 36.8 Å². The summed E-state index contributed by atoms with van der Waals surface area (Å²) in [6, 6.07) is 2.38. The molecule has 3 aromatic heterocycles. The predicted molar refractivity (Wildman–Crippen MR) is 108 cm³/mol. The molecule has 0 saturated carbocycles. The fraction of sp³-hybridized carbons (Fsp3) is 0.350. The molecule has 2 aliphatic heterocycles. The van der Waals surface area contributed by atoms with E-state index in [-0.39, 0.29) is 36.0 Å². The van der Waals surface area contributed by atoms with E-state index < -0.39 is 48.2 Å². The number of hydrogen-bond donors (Lipinski definition) is 2. The van der Waals surface area contributed by atoms with Crippen molar-refractivity contribution in [3.05, 3.63) is 48.0 Å². The lowest BCUT2D eigenvalue weighted by atomic mass is 10.0. The van der Waals surface area contributed by atoms with Gasteiger partial charge >= 0.3 is 18.1 Å². The van der Waals surface area contributed by atoms with Crippen molar-refractivity contribution < 1.29 is 36.3 Å². The first kappa shape index (κ1) is 22.7. The Labute approximate surface area is 193 Å². The van der Waals surface area contributed by atoms with Gasteiger partial charge in [-0.3, -0.25) is 10.1 Å². The summed E-state index contributed by atoms with van der Waals surface area (Å²) >= 11 is 0. The first-order chi connectivity index (χ1) is 16.5. The molecule has 3 amide bonds. The molecule has 5 rings (SSSR count). The molecule has 0 bridgehead atoms. The van der Waals surface area contributed by atoms with E-state index in [4.69, 9.17) is 4.74 Å². The first-order valence-electron chi connectivity index (χ1n) is 10.3. The molecule has 35 heavy (non-hydrogen) atoms. The number of imidazole rings is 1. The summed E-state index contributed by atoms with van der Waals surface area (Å²) in [6.07, 6.45) is -2.93. The predicted octanol–water partition coefficient (Wildman–Crippen LogP) is 1.97. The lowest BCUT2D eigenvalue weighted by molar-refractivity contribution is -0.138. The van der Waals surface area contributed by atoms with Crippen molar-refractivity contribution in [3.63, 3.8) is 0 Å². The maximum absolute atomic E-state index is 14.9. The minimum absolute atomic E-state index is 0.0290. The van der Waals surface area contributed by atoms with E-state index in [9.17, 15) is 31.5 Å². The Kier molecular flexibility index (Phi) is 5.21. The molecule has 2 fully saturated rings. The van der Waals surface area contributed by atoms with Crippen molar-refractivity contribution >= 4 is 23.3 Å². The van der Waals surface area contributed by atoms with E-state index in [0.717, 1.165) is 6.07 Å². The second kappa shape index (κ2) is 8.02. The van der Waals surface area contributed by atoms with Crippen molar-refractivity contribution in [2.75, 3.05) is 24.5 Å². The number of fused-ring (bicyclic) bond motifs is 1. The minimum Gasteiger partial charge on any atom is -0.466 e. The zero-order valence-electron chi connectivity index (χ0n) is 17.6. The zero-order valence-corrected chi connectivity index (χ0v) is 17.6. The monoisotopic (exact) mass is 497 g/mol. The molecule has 5 heterocycles. The molecule has 2 atom stereocenters. The van der Waals surface area contributed by atoms with Crippen LogP contribution in [-0.2, 0) is 11.0 Å². The van der Waals surface area contributed by atoms with E-state index in [0.29, 0.717) is 12.3 Å². The number of halogens is 5. The van der Waals surface area contributed by atoms with Crippen molar-refractivity contribution in [1.29, 1.82) is 0 Å². The van der Waals surface area contributed by atoms with Gasteiger partial charge < -0.3 is 15.0 Å². The summed E-state index contributed by atoms with van der Waals surface area (Å²) in [5.74, 6) is -5.20. The van der Waals surface area contributed by atoms with Gasteiger partial charge in [-0.2, -0.15) is 18.3 Å². The van der Waals surface area contributed by atoms with Crippen molar-refractivity contribution in [3.8, 4) is 5.88 Å². The van der Waals surface area contributed by atoms with E-state index in [1.54, 1.807) is 0 Å². The van der Waals surface area contributed by atoms with E-state index in [1.165, 1.54) is 27.9 Å². The Morgan fingerprint density at radius 3 is 2.66 bits per heavy atom. The molecule has 15 heteroatoms. The van der Waals surface area contributed by atoms with Crippen LogP contribution in [0.4, 0.5) is 32.4 Å². The number of pyridine rings is 1. The Hall–Kier alpha value is -4.04. The number of alkyl halides is 5. The van der Waals surface area contributed by atoms with Crippen LogP contribution >= 0.6 is 0 Å². The number of hydrogen-bond acceptors (Lipinski definition) is 7. The second-order valence-corrected chi connectivity index (χ2v) is 8.03. The lowest BCUT2D eigenvalue weighted by Crippen LogP contribution is -2.51. The van der Waals surface area contributed by atoms with E-state index >= 15 is 0 Å². The summed E-state index contributed by atoms with van der Waals surface area (Å²) in [5.41, 5.74) is -0.312. The summed E-state index contributed by atoms with van der Waals surface area (Å²) < 4.78 is 74.5. The van der Waals surface area contributed by atoms with Crippen LogP contribution in [0.25, 0.3) is 5.65 Å². The molecular weight excluding hydrogens is 481 g/mol. The number of carbonyl (C=O) groups is 2. The normalized spacial score (nSPS) is 22.3. The number of aromatic nitrogens is 4. The van der Waals surface area contributed by atoms with Gasteiger partial charge in [-0.25, -0.2) is 28.1 Å². The van der Waals surface area contributed by atoms with Crippen LogP contribution in [0.3, 0.4) is 0 Å². The van der Waals surface area contributed by atoms with Gasteiger partial charge in [0.05, 0.1) is 36.0 Å². The van der Waals surface area contributed by atoms with Crippen molar-refractivity contribution in [1.82, 2.24) is 30.2 Å². The molecule has 0 aromatic carbocycles. The molecule has 0 radical (unpaired) electrons. The SMILES string of the molecule is O=C1NCC(c2cc(N3C[C@H](Oc4ccc(C(F)(F)F)cn4)C(F)(F)C3)c3nccn3n2)C(=O)N1. The molecule has 1 unspecified atom stereocenters. The van der Waals surface area contributed by atoms with E-state index in [1.807, 2.05) is 0 Å². The highest BCUT2D eigenvalue weighted by molar-refractivity contribution is 6.00. The Morgan fingerprint density at radius 1 is 1.17 bits per heavy atom. The van der Waals surface area contributed by atoms with Crippen LogP contribution in [0.5, 0.6) is 5.88 Å². The number of carbonyl (C=O) groups excluding carboxylic acids is 2. The van der Waals surface area contributed by atoms with Gasteiger partial charge in [-0.05, 0) is 12.1 Å². The summed E-state index contributed by atoms with van der Waals surface area (Å²) in [6.45, 7) is -1.15. The highest BCUT2D eigenvalue weighted by Crippen LogP contribution is 2.36. The molecule has 2 aliphatic rings. The lowest BCUT2D eigenvalue weighted by Gasteiger charge is -2.24. The molecular formula is C20H16F5N7O3.